The largest absolute Gasteiger partial charge is 0.337 e. The van der Waals surface area contributed by atoms with Crippen LogP contribution in [0.15, 0.2) is 73.1 Å². The minimum Gasteiger partial charge on any atom is -0.337 e. The highest BCUT2D eigenvalue weighted by molar-refractivity contribution is 5.95. The van der Waals surface area contributed by atoms with Crippen molar-refractivity contribution in [2.75, 3.05) is 19.6 Å². The maximum Gasteiger partial charge on any atom is 0.253 e. The number of aromatic nitrogens is 1. The average molecular weight is 403 g/mol. The number of nitrogens with zero attached hydrogens (tertiary/aromatic N) is 3. The molecule has 5 nitrogen and oxygen atoms in total. The van der Waals surface area contributed by atoms with E-state index in [-0.39, 0.29) is 17.6 Å². The number of hydrogen-bond acceptors (Lipinski definition) is 3. The van der Waals surface area contributed by atoms with Gasteiger partial charge in [-0.1, -0.05) is 30.3 Å². The molecule has 0 unspecified atom stereocenters. The molecular formula is C24H22FN3O2. The number of hydrogen-bond donors (Lipinski definition) is 0. The van der Waals surface area contributed by atoms with Crippen LogP contribution >= 0.6 is 0 Å². The molecule has 0 saturated carbocycles. The van der Waals surface area contributed by atoms with Crippen LogP contribution in [-0.4, -0.2) is 46.2 Å². The maximum atomic E-state index is 14.0. The molecule has 4 rings (SSSR count). The lowest BCUT2D eigenvalue weighted by Crippen LogP contribution is -2.35. The predicted octanol–water partition coefficient (Wildman–Crippen LogP) is 3.76. The normalized spacial score (nSPS) is 14.5. The molecule has 0 aliphatic carbocycles. The monoisotopic (exact) mass is 403 g/mol. The summed E-state index contributed by atoms with van der Waals surface area (Å²) in [5.41, 5.74) is 2.77. The summed E-state index contributed by atoms with van der Waals surface area (Å²) in [5, 5.41) is 0. The number of carbonyl (C=O) groups excluding carboxylic acids is 2. The standard InChI is InChI=1S/C24H22FN3O2/c25-22-4-2-1-3-21(22)19-5-7-20(8-6-19)24(30)27-14-11-23(29)28(16-15-27)17-18-9-12-26-13-10-18/h1-10,12-13H,11,14-17H2. The van der Waals surface area contributed by atoms with E-state index in [0.717, 1.165) is 11.1 Å². The van der Waals surface area contributed by atoms with Gasteiger partial charge in [-0.15, -0.1) is 0 Å². The molecule has 2 aromatic carbocycles. The van der Waals surface area contributed by atoms with Gasteiger partial charge in [-0.25, -0.2) is 4.39 Å². The third-order valence-electron chi connectivity index (χ3n) is 5.31. The number of rotatable bonds is 4. The van der Waals surface area contributed by atoms with E-state index in [4.69, 9.17) is 0 Å². The van der Waals surface area contributed by atoms with E-state index in [9.17, 15) is 14.0 Å². The predicted molar refractivity (Wildman–Crippen MR) is 112 cm³/mol. The molecule has 1 aliphatic rings. The summed E-state index contributed by atoms with van der Waals surface area (Å²) in [4.78, 5) is 32.9. The number of halogens is 1. The summed E-state index contributed by atoms with van der Waals surface area (Å²) in [5.74, 6) is -0.373. The fraction of sp³-hybridized carbons (Fsp3) is 0.208. The highest BCUT2D eigenvalue weighted by Gasteiger charge is 2.24. The van der Waals surface area contributed by atoms with E-state index in [1.165, 1.54) is 6.07 Å². The lowest BCUT2D eigenvalue weighted by atomic mass is 10.0. The fourth-order valence-corrected chi connectivity index (χ4v) is 3.62. The zero-order valence-corrected chi connectivity index (χ0v) is 16.5. The summed E-state index contributed by atoms with van der Waals surface area (Å²) in [7, 11) is 0. The van der Waals surface area contributed by atoms with Crippen LogP contribution in [0.2, 0.25) is 0 Å². The Morgan fingerprint density at radius 3 is 2.40 bits per heavy atom. The third-order valence-corrected chi connectivity index (χ3v) is 5.31. The van der Waals surface area contributed by atoms with Crippen LogP contribution in [0.5, 0.6) is 0 Å². The Morgan fingerprint density at radius 2 is 1.67 bits per heavy atom. The smallest absolute Gasteiger partial charge is 0.253 e. The first kappa shape index (κ1) is 19.8. The summed E-state index contributed by atoms with van der Waals surface area (Å²) < 4.78 is 14.0. The van der Waals surface area contributed by atoms with E-state index in [1.54, 1.807) is 64.7 Å². The molecule has 2 amide bonds. The van der Waals surface area contributed by atoms with Gasteiger partial charge in [0.25, 0.3) is 5.91 Å². The van der Waals surface area contributed by atoms with Gasteiger partial charge < -0.3 is 9.80 Å². The first-order chi connectivity index (χ1) is 14.6. The highest BCUT2D eigenvalue weighted by Crippen LogP contribution is 2.23. The van der Waals surface area contributed by atoms with Crippen molar-refractivity contribution in [2.24, 2.45) is 0 Å². The van der Waals surface area contributed by atoms with Crippen molar-refractivity contribution in [1.82, 2.24) is 14.8 Å². The topological polar surface area (TPSA) is 53.5 Å². The number of benzene rings is 2. The molecule has 152 valence electrons. The van der Waals surface area contributed by atoms with Gasteiger partial charge in [0.05, 0.1) is 0 Å². The second-order valence-electron chi connectivity index (χ2n) is 7.27. The van der Waals surface area contributed by atoms with Crippen molar-refractivity contribution in [2.45, 2.75) is 13.0 Å². The fourth-order valence-electron chi connectivity index (χ4n) is 3.62. The molecule has 0 spiro atoms. The Balaban J connectivity index is 1.43. The molecule has 0 atom stereocenters. The van der Waals surface area contributed by atoms with E-state index in [1.807, 2.05) is 12.1 Å². The third kappa shape index (κ3) is 4.38. The molecule has 3 aromatic rings. The van der Waals surface area contributed by atoms with Gasteiger partial charge in [0, 0.05) is 56.1 Å². The van der Waals surface area contributed by atoms with Crippen LogP contribution in [-0.2, 0) is 11.3 Å². The lowest BCUT2D eigenvalue weighted by Gasteiger charge is -2.22. The molecule has 1 saturated heterocycles. The first-order valence-corrected chi connectivity index (χ1v) is 9.93. The Bertz CT molecular complexity index is 1040. The molecule has 0 N–H and O–H groups in total. The van der Waals surface area contributed by atoms with Crippen LogP contribution in [0, 0.1) is 5.82 Å². The van der Waals surface area contributed by atoms with Crippen LogP contribution in [0.25, 0.3) is 11.1 Å². The van der Waals surface area contributed by atoms with E-state index in [2.05, 4.69) is 4.98 Å². The molecule has 2 heterocycles. The molecule has 0 bridgehead atoms. The van der Waals surface area contributed by atoms with Gasteiger partial charge in [0.1, 0.15) is 5.82 Å². The quantitative estimate of drug-likeness (QED) is 0.667. The van der Waals surface area contributed by atoms with Crippen LogP contribution in [0.3, 0.4) is 0 Å². The first-order valence-electron chi connectivity index (χ1n) is 9.93. The minimum atomic E-state index is -0.295. The zero-order chi connectivity index (χ0) is 20.9. The summed E-state index contributed by atoms with van der Waals surface area (Å²) in [6.07, 6.45) is 3.71. The van der Waals surface area contributed by atoms with Gasteiger partial charge in [-0.05, 0) is 41.5 Å². The minimum absolute atomic E-state index is 0.0389. The summed E-state index contributed by atoms with van der Waals surface area (Å²) >= 11 is 0. The Morgan fingerprint density at radius 1 is 0.933 bits per heavy atom. The molecular weight excluding hydrogens is 381 g/mol. The summed E-state index contributed by atoms with van der Waals surface area (Å²) in [6, 6.07) is 17.3. The molecule has 30 heavy (non-hydrogen) atoms. The average Bonchev–Trinajstić information content (AvgIpc) is 2.96. The lowest BCUT2D eigenvalue weighted by molar-refractivity contribution is -0.130. The zero-order valence-electron chi connectivity index (χ0n) is 16.5. The Kier molecular flexibility index (Phi) is 5.84. The van der Waals surface area contributed by atoms with Crippen LogP contribution < -0.4 is 0 Å². The van der Waals surface area contributed by atoms with Crippen molar-refractivity contribution < 1.29 is 14.0 Å². The van der Waals surface area contributed by atoms with Crippen LogP contribution in [0.1, 0.15) is 22.3 Å². The number of pyridine rings is 1. The van der Waals surface area contributed by atoms with E-state index >= 15 is 0 Å². The Labute approximate surface area is 174 Å². The summed E-state index contributed by atoms with van der Waals surface area (Å²) in [6.45, 7) is 1.87. The number of carbonyl (C=O) groups is 2. The molecule has 6 heteroatoms. The van der Waals surface area contributed by atoms with Gasteiger partial charge in [0.15, 0.2) is 0 Å². The van der Waals surface area contributed by atoms with Crippen molar-refractivity contribution >= 4 is 11.8 Å². The molecule has 1 aromatic heterocycles. The Hall–Kier alpha value is -3.54. The molecule has 1 aliphatic heterocycles. The van der Waals surface area contributed by atoms with Gasteiger partial charge in [-0.3, -0.25) is 14.6 Å². The van der Waals surface area contributed by atoms with Crippen LogP contribution in [0.4, 0.5) is 4.39 Å². The molecule has 0 radical (unpaired) electrons. The highest BCUT2D eigenvalue weighted by atomic mass is 19.1. The van der Waals surface area contributed by atoms with Gasteiger partial charge >= 0.3 is 0 Å². The van der Waals surface area contributed by atoms with Gasteiger partial charge in [-0.2, -0.15) is 0 Å². The van der Waals surface area contributed by atoms with Crippen molar-refractivity contribution in [3.05, 3.63) is 90.0 Å². The van der Waals surface area contributed by atoms with Crippen molar-refractivity contribution in [3.8, 4) is 11.1 Å². The van der Waals surface area contributed by atoms with E-state index < -0.39 is 0 Å². The van der Waals surface area contributed by atoms with E-state index in [0.29, 0.717) is 43.7 Å². The second kappa shape index (κ2) is 8.86. The van der Waals surface area contributed by atoms with Crippen molar-refractivity contribution in [3.63, 3.8) is 0 Å². The second-order valence-corrected chi connectivity index (χ2v) is 7.27. The number of amides is 2. The van der Waals surface area contributed by atoms with Crippen molar-refractivity contribution in [1.29, 1.82) is 0 Å². The SMILES string of the molecule is O=C1CCN(C(=O)c2ccc(-c3ccccc3F)cc2)CCN1Cc1ccncc1. The van der Waals surface area contributed by atoms with Gasteiger partial charge in [0.2, 0.25) is 5.91 Å². The molecule has 1 fully saturated rings. The maximum absolute atomic E-state index is 14.0.